The standard InChI is InChI=1S/C11H18N6O2S/c1-2-3-7(10(18)19)8(9(12)16-17-14)4-6-5-15-11(13)20-6/h5,7-8H,2-4H2,1H3,(H2,13,15)(H,18,19)(H3,12,14,16). The number of amidine groups is 1. The van der Waals surface area contributed by atoms with Crippen LogP contribution in [0.1, 0.15) is 24.6 Å². The maximum atomic E-state index is 11.4. The van der Waals surface area contributed by atoms with Crippen LogP contribution in [0.15, 0.2) is 16.5 Å². The second-order valence-corrected chi connectivity index (χ2v) is 5.48. The SMILES string of the molecule is CCCC(C(=O)O)C(Cc1cnc(N)s1)C(N)=NN=N. The van der Waals surface area contributed by atoms with E-state index in [0.717, 1.165) is 4.88 Å². The summed E-state index contributed by atoms with van der Waals surface area (Å²) < 4.78 is 0. The number of nitrogens with zero attached hydrogens (tertiary/aromatic N) is 3. The normalized spacial score (nSPS) is 14.8. The van der Waals surface area contributed by atoms with E-state index < -0.39 is 17.8 Å². The van der Waals surface area contributed by atoms with Gasteiger partial charge in [-0.1, -0.05) is 18.6 Å². The highest BCUT2D eigenvalue weighted by molar-refractivity contribution is 7.15. The highest BCUT2D eigenvalue weighted by Crippen LogP contribution is 2.26. The summed E-state index contributed by atoms with van der Waals surface area (Å²) in [6, 6.07) is 0. The van der Waals surface area contributed by atoms with Crippen molar-refractivity contribution < 1.29 is 9.90 Å². The monoisotopic (exact) mass is 298 g/mol. The molecule has 0 aliphatic carbocycles. The number of nitrogen functional groups attached to an aromatic ring is 1. The number of carboxylic acids is 1. The molecule has 0 aliphatic heterocycles. The maximum Gasteiger partial charge on any atom is 0.307 e. The summed E-state index contributed by atoms with van der Waals surface area (Å²) >= 11 is 1.28. The first kappa shape index (κ1) is 16.0. The molecular formula is C11H18N6O2S. The summed E-state index contributed by atoms with van der Waals surface area (Å²) in [5, 5.41) is 16.1. The van der Waals surface area contributed by atoms with Crippen LogP contribution in [0.4, 0.5) is 5.13 Å². The molecule has 0 saturated carbocycles. The number of nitrogens with one attached hydrogen (secondary N) is 1. The number of anilines is 1. The largest absolute Gasteiger partial charge is 0.481 e. The Labute approximate surface area is 120 Å². The molecule has 0 radical (unpaired) electrons. The van der Waals surface area contributed by atoms with Gasteiger partial charge in [-0.2, -0.15) is 5.53 Å². The lowest BCUT2D eigenvalue weighted by atomic mass is 9.85. The predicted octanol–water partition coefficient (Wildman–Crippen LogP) is 1.69. The highest BCUT2D eigenvalue weighted by Gasteiger charge is 2.31. The Balaban J connectivity index is 3.02. The number of hydrogen-bond acceptors (Lipinski definition) is 6. The number of nitrogens with two attached hydrogens (primary N) is 2. The molecule has 2 atom stereocenters. The maximum absolute atomic E-state index is 11.4. The van der Waals surface area contributed by atoms with Crippen LogP contribution in [0.25, 0.3) is 0 Å². The summed E-state index contributed by atoms with van der Waals surface area (Å²) in [6.45, 7) is 1.90. The summed E-state index contributed by atoms with van der Waals surface area (Å²) in [4.78, 5) is 16.2. The van der Waals surface area contributed by atoms with E-state index in [9.17, 15) is 9.90 Å². The lowest BCUT2D eigenvalue weighted by Crippen LogP contribution is -2.36. The fraction of sp³-hybridized carbons (Fsp3) is 0.545. The minimum Gasteiger partial charge on any atom is -0.481 e. The van der Waals surface area contributed by atoms with Crippen molar-refractivity contribution in [3.8, 4) is 0 Å². The molecule has 8 nitrogen and oxygen atoms in total. The second kappa shape index (κ2) is 7.53. The molecule has 0 amide bonds. The van der Waals surface area contributed by atoms with E-state index in [-0.39, 0.29) is 5.84 Å². The van der Waals surface area contributed by atoms with Gasteiger partial charge in [-0.05, 0) is 12.8 Å². The molecule has 1 heterocycles. The molecule has 1 rings (SSSR count). The van der Waals surface area contributed by atoms with Crippen molar-refractivity contribution in [2.75, 3.05) is 5.73 Å². The number of hydrogen-bond donors (Lipinski definition) is 4. The summed E-state index contributed by atoms with van der Waals surface area (Å²) in [5.41, 5.74) is 18.1. The molecule has 1 aromatic rings. The van der Waals surface area contributed by atoms with E-state index in [2.05, 4.69) is 15.3 Å². The predicted molar refractivity (Wildman–Crippen MR) is 76.5 cm³/mol. The minimum atomic E-state index is -0.933. The van der Waals surface area contributed by atoms with Crippen LogP contribution in [-0.4, -0.2) is 21.9 Å². The van der Waals surface area contributed by atoms with Gasteiger partial charge in [0.15, 0.2) is 5.13 Å². The molecular weight excluding hydrogens is 280 g/mol. The van der Waals surface area contributed by atoms with E-state index >= 15 is 0 Å². The zero-order valence-corrected chi connectivity index (χ0v) is 11.9. The van der Waals surface area contributed by atoms with E-state index in [4.69, 9.17) is 17.0 Å². The van der Waals surface area contributed by atoms with Gasteiger partial charge >= 0.3 is 5.97 Å². The van der Waals surface area contributed by atoms with Crippen molar-refractivity contribution >= 4 is 28.3 Å². The van der Waals surface area contributed by atoms with Crippen LogP contribution in [0.3, 0.4) is 0 Å². The van der Waals surface area contributed by atoms with Crippen molar-refractivity contribution in [3.63, 3.8) is 0 Å². The number of carboxylic acid groups (broad SMARTS) is 1. The Morgan fingerprint density at radius 1 is 1.60 bits per heavy atom. The summed E-state index contributed by atoms with van der Waals surface area (Å²) in [7, 11) is 0. The van der Waals surface area contributed by atoms with Gasteiger partial charge in [-0.3, -0.25) is 4.79 Å². The third-order valence-electron chi connectivity index (χ3n) is 2.94. The van der Waals surface area contributed by atoms with Gasteiger partial charge in [0, 0.05) is 17.0 Å². The smallest absolute Gasteiger partial charge is 0.307 e. The van der Waals surface area contributed by atoms with Crippen molar-refractivity contribution in [3.05, 3.63) is 11.1 Å². The van der Waals surface area contributed by atoms with Crippen LogP contribution >= 0.6 is 11.3 Å². The van der Waals surface area contributed by atoms with Crippen molar-refractivity contribution in [2.24, 2.45) is 27.9 Å². The summed E-state index contributed by atoms with van der Waals surface area (Å²) in [6.07, 6.45) is 3.16. The Hall–Kier alpha value is -2.03. The van der Waals surface area contributed by atoms with Gasteiger partial charge < -0.3 is 16.6 Å². The molecule has 0 fully saturated rings. The third kappa shape index (κ3) is 4.26. The first-order valence-electron chi connectivity index (χ1n) is 6.12. The van der Waals surface area contributed by atoms with Crippen LogP contribution in [0, 0.1) is 17.4 Å². The van der Waals surface area contributed by atoms with E-state index in [1.54, 1.807) is 6.20 Å². The van der Waals surface area contributed by atoms with Crippen molar-refractivity contribution in [1.82, 2.24) is 4.98 Å². The van der Waals surface area contributed by atoms with Crippen LogP contribution in [0.2, 0.25) is 0 Å². The second-order valence-electron chi connectivity index (χ2n) is 4.33. The van der Waals surface area contributed by atoms with E-state index in [1.807, 2.05) is 6.92 Å². The Kier molecular flexibility index (Phi) is 6.04. The first-order valence-corrected chi connectivity index (χ1v) is 6.94. The molecule has 0 bridgehead atoms. The third-order valence-corrected chi connectivity index (χ3v) is 3.79. The first-order chi connectivity index (χ1) is 9.49. The van der Waals surface area contributed by atoms with Gasteiger partial charge in [0.1, 0.15) is 5.84 Å². The van der Waals surface area contributed by atoms with Gasteiger partial charge in [0.05, 0.1) is 5.92 Å². The number of aliphatic carboxylic acids is 1. The number of carbonyl (C=O) groups is 1. The van der Waals surface area contributed by atoms with Crippen molar-refractivity contribution in [1.29, 1.82) is 5.53 Å². The minimum absolute atomic E-state index is 0.0489. The highest BCUT2D eigenvalue weighted by atomic mass is 32.1. The molecule has 2 unspecified atom stereocenters. The Morgan fingerprint density at radius 3 is 2.75 bits per heavy atom. The zero-order valence-electron chi connectivity index (χ0n) is 11.1. The topological polar surface area (TPSA) is 151 Å². The average Bonchev–Trinajstić information content (AvgIpc) is 2.79. The lowest BCUT2D eigenvalue weighted by molar-refractivity contribution is -0.143. The molecule has 20 heavy (non-hydrogen) atoms. The average molecular weight is 298 g/mol. The number of thiazole rings is 1. The Bertz CT molecular complexity index is 501. The molecule has 0 saturated heterocycles. The van der Waals surface area contributed by atoms with Gasteiger partial charge in [0.25, 0.3) is 0 Å². The van der Waals surface area contributed by atoms with E-state index in [1.165, 1.54) is 11.3 Å². The van der Waals surface area contributed by atoms with Gasteiger partial charge in [0.2, 0.25) is 0 Å². The number of aromatic nitrogens is 1. The quantitative estimate of drug-likeness (QED) is 0.249. The molecule has 0 aliphatic rings. The summed E-state index contributed by atoms with van der Waals surface area (Å²) in [5.74, 6) is -2.08. The van der Waals surface area contributed by atoms with Gasteiger partial charge in [-0.25, -0.2) is 4.98 Å². The Morgan fingerprint density at radius 2 is 2.30 bits per heavy atom. The molecule has 0 spiro atoms. The number of rotatable bonds is 8. The molecule has 110 valence electrons. The van der Waals surface area contributed by atoms with E-state index in [0.29, 0.717) is 24.4 Å². The lowest BCUT2D eigenvalue weighted by Gasteiger charge is -2.22. The molecule has 0 aromatic carbocycles. The fourth-order valence-corrected chi connectivity index (χ4v) is 2.77. The zero-order chi connectivity index (χ0) is 15.1. The van der Waals surface area contributed by atoms with Crippen LogP contribution in [0.5, 0.6) is 0 Å². The molecule has 6 N–H and O–H groups in total. The van der Waals surface area contributed by atoms with Crippen LogP contribution in [-0.2, 0) is 11.2 Å². The fourth-order valence-electron chi connectivity index (χ4n) is 2.03. The van der Waals surface area contributed by atoms with Crippen LogP contribution < -0.4 is 11.5 Å². The van der Waals surface area contributed by atoms with Gasteiger partial charge in [-0.15, -0.1) is 16.4 Å². The molecule has 9 heteroatoms. The van der Waals surface area contributed by atoms with Crippen molar-refractivity contribution in [2.45, 2.75) is 26.2 Å². The molecule has 1 aromatic heterocycles.